The molecule has 6 nitrogen and oxygen atoms in total. The molecule has 132 valence electrons. The molecule has 0 radical (unpaired) electrons. The molecule has 2 N–H and O–H groups in total. The molecule has 0 aliphatic rings. The molecule has 2 aromatic carbocycles. The molecule has 0 aliphatic carbocycles. The number of H-pyrrole nitrogens is 1. The fraction of sp³-hybridized carbons (Fsp3) is 0.250. The molecule has 26 heavy (non-hydrogen) atoms. The van der Waals surface area contributed by atoms with E-state index in [4.69, 9.17) is 4.98 Å². The molecule has 0 bridgehead atoms. The molecule has 0 saturated heterocycles. The fourth-order valence-electron chi connectivity index (χ4n) is 3.34. The highest BCUT2D eigenvalue weighted by molar-refractivity contribution is 5.87. The third-order valence-corrected chi connectivity index (χ3v) is 4.78. The summed E-state index contributed by atoms with van der Waals surface area (Å²) in [7, 11) is 0. The molecule has 4 aromatic rings. The topological polar surface area (TPSA) is 69.7 Å². The first-order valence-corrected chi connectivity index (χ1v) is 8.91. The van der Waals surface area contributed by atoms with Gasteiger partial charge in [-0.1, -0.05) is 0 Å². The molecule has 0 unspecified atom stereocenters. The SMILES string of the molecule is CCN(CC)c1ccc2cnc(Nc3ccc4cn[nH]c4c3)nc2c1C. The Hall–Kier alpha value is -3.15. The third-order valence-electron chi connectivity index (χ3n) is 4.78. The first kappa shape index (κ1) is 16.3. The van der Waals surface area contributed by atoms with Crippen molar-refractivity contribution in [2.24, 2.45) is 0 Å². The number of hydrogen-bond acceptors (Lipinski definition) is 5. The monoisotopic (exact) mass is 346 g/mol. The van der Waals surface area contributed by atoms with Gasteiger partial charge < -0.3 is 10.2 Å². The van der Waals surface area contributed by atoms with Gasteiger partial charge in [-0.3, -0.25) is 5.10 Å². The lowest BCUT2D eigenvalue weighted by Gasteiger charge is -2.23. The number of nitrogens with zero attached hydrogens (tertiary/aromatic N) is 4. The summed E-state index contributed by atoms with van der Waals surface area (Å²) >= 11 is 0. The highest BCUT2D eigenvalue weighted by Crippen LogP contribution is 2.28. The van der Waals surface area contributed by atoms with Crippen LogP contribution in [-0.2, 0) is 0 Å². The van der Waals surface area contributed by atoms with Crippen LogP contribution in [0.25, 0.3) is 21.8 Å². The van der Waals surface area contributed by atoms with Crippen LogP contribution in [0.1, 0.15) is 19.4 Å². The Balaban J connectivity index is 1.72. The summed E-state index contributed by atoms with van der Waals surface area (Å²) in [6.45, 7) is 8.42. The fourth-order valence-corrected chi connectivity index (χ4v) is 3.34. The van der Waals surface area contributed by atoms with Gasteiger partial charge >= 0.3 is 0 Å². The molecule has 0 fully saturated rings. The highest BCUT2D eigenvalue weighted by atomic mass is 15.1. The summed E-state index contributed by atoms with van der Waals surface area (Å²) in [5.74, 6) is 0.594. The number of aromatic amines is 1. The minimum atomic E-state index is 0.594. The third kappa shape index (κ3) is 2.83. The van der Waals surface area contributed by atoms with Gasteiger partial charge in [0.15, 0.2) is 0 Å². The molecule has 0 atom stereocenters. The van der Waals surface area contributed by atoms with Crippen molar-refractivity contribution in [3.05, 3.63) is 48.3 Å². The second-order valence-corrected chi connectivity index (χ2v) is 6.31. The Kier molecular flexibility index (Phi) is 4.16. The number of aryl methyl sites for hydroxylation is 1. The second-order valence-electron chi connectivity index (χ2n) is 6.31. The molecule has 0 amide bonds. The number of fused-ring (bicyclic) bond motifs is 2. The Morgan fingerprint density at radius 2 is 1.85 bits per heavy atom. The molecule has 2 aromatic heterocycles. The van der Waals surface area contributed by atoms with E-state index in [9.17, 15) is 0 Å². The van der Waals surface area contributed by atoms with Crippen molar-refractivity contribution < 1.29 is 0 Å². The average Bonchev–Trinajstić information content (AvgIpc) is 3.12. The Morgan fingerprint density at radius 3 is 2.65 bits per heavy atom. The minimum absolute atomic E-state index is 0.594. The van der Waals surface area contributed by atoms with Crippen LogP contribution in [0.2, 0.25) is 0 Å². The number of nitrogens with one attached hydrogen (secondary N) is 2. The van der Waals surface area contributed by atoms with E-state index in [2.05, 4.69) is 58.3 Å². The van der Waals surface area contributed by atoms with E-state index in [-0.39, 0.29) is 0 Å². The molecule has 0 aliphatic heterocycles. The van der Waals surface area contributed by atoms with Gasteiger partial charge in [0.05, 0.1) is 17.2 Å². The van der Waals surface area contributed by atoms with Gasteiger partial charge in [-0.2, -0.15) is 5.10 Å². The van der Waals surface area contributed by atoms with E-state index in [0.717, 1.165) is 40.6 Å². The van der Waals surface area contributed by atoms with Crippen LogP contribution in [0.5, 0.6) is 0 Å². The lowest BCUT2D eigenvalue weighted by atomic mass is 10.1. The minimum Gasteiger partial charge on any atom is -0.372 e. The van der Waals surface area contributed by atoms with Crippen molar-refractivity contribution in [3.63, 3.8) is 0 Å². The molecule has 0 spiro atoms. The standard InChI is InChI=1S/C20H22N6/c1-4-26(5-2)18-9-7-15-11-21-20(24-19(15)13(18)3)23-16-8-6-14-12-22-25-17(14)10-16/h6-12H,4-5H2,1-3H3,(H,22,25)(H,21,23,24). The van der Waals surface area contributed by atoms with Gasteiger partial charge in [0.25, 0.3) is 0 Å². The van der Waals surface area contributed by atoms with Gasteiger partial charge in [0.1, 0.15) is 0 Å². The van der Waals surface area contributed by atoms with Crippen molar-refractivity contribution in [2.45, 2.75) is 20.8 Å². The molecule has 0 saturated carbocycles. The van der Waals surface area contributed by atoms with E-state index in [1.54, 1.807) is 0 Å². The van der Waals surface area contributed by atoms with Gasteiger partial charge in [0.2, 0.25) is 5.95 Å². The highest BCUT2D eigenvalue weighted by Gasteiger charge is 2.11. The molecule has 4 rings (SSSR count). The predicted molar refractivity (Wildman–Crippen MR) is 107 cm³/mol. The zero-order valence-corrected chi connectivity index (χ0v) is 15.2. The smallest absolute Gasteiger partial charge is 0.227 e. The summed E-state index contributed by atoms with van der Waals surface area (Å²) in [5.41, 5.74) is 5.30. The largest absolute Gasteiger partial charge is 0.372 e. The second kappa shape index (κ2) is 6.63. The number of anilines is 3. The van der Waals surface area contributed by atoms with Crippen LogP contribution in [0.3, 0.4) is 0 Å². The van der Waals surface area contributed by atoms with Crippen molar-refractivity contribution in [1.29, 1.82) is 0 Å². The first-order chi connectivity index (χ1) is 12.7. The molecular weight excluding hydrogens is 324 g/mol. The van der Waals surface area contributed by atoms with Crippen LogP contribution >= 0.6 is 0 Å². The Labute approximate surface area is 152 Å². The van der Waals surface area contributed by atoms with Gasteiger partial charge in [-0.15, -0.1) is 0 Å². The lowest BCUT2D eigenvalue weighted by molar-refractivity contribution is 0.862. The van der Waals surface area contributed by atoms with E-state index >= 15 is 0 Å². The van der Waals surface area contributed by atoms with Crippen LogP contribution in [0, 0.1) is 6.92 Å². The van der Waals surface area contributed by atoms with Crippen molar-refractivity contribution in [2.75, 3.05) is 23.3 Å². The lowest BCUT2D eigenvalue weighted by Crippen LogP contribution is -2.22. The molecule has 6 heteroatoms. The Bertz CT molecular complexity index is 1060. The zero-order chi connectivity index (χ0) is 18.1. The van der Waals surface area contributed by atoms with Gasteiger partial charge in [-0.05, 0) is 56.7 Å². The van der Waals surface area contributed by atoms with Crippen LogP contribution < -0.4 is 10.2 Å². The number of rotatable bonds is 5. The van der Waals surface area contributed by atoms with Crippen LogP contribution in [0.15, 0.2) is 42.7 Å². The normalized spacial score (nSPS) is 11.2. The maximum Gasteiger partial charge on any atom is 0.227 e. The van der Waals surface area contributed by atoms with Crippen molar-refractivity contribution in [3.8, 4) is 0 Å². The van der Waals surface area contributed by atoms with Crippen LogP contribution in [-0.4, -0.2) is 33.3 Å². The summed E-state index contributed by atoms with van der Waals surface area (Å²) in [6, 6.07) is 10.3. The summed E-state index contributed by atoms with van der Waals surface area (Å²) in [4.78, 5) is 11.6. The average molecular weight is 346 g/mol. The predicted octanol–water partition coefficient (Wildman–Crippen LogP) is 4.40. The van der Waals surface area contributed by atoms with Crippen LogP contribution in [0.4, 0.5) is 17.3 Å². The van der Waals surface area contributed by atoms with E-state index in [0.29, 0.717) is 5.95 Å². The maximum absolute atomic E-state index is 4.77. The Morgan fingerprint density at radius 1 is 1.04 bits per heavy atom. The van der Waals surface area contributed by atoms with E-state index in [1.165, 1.54) is 11.3 Å². The molecule has 2 heterocycles. The summed E-state index contributed by atoms with van der Waals surface area (Å²) < 4.78 is 0. The first-order valence-electron chi connectivity index (χ1n) is 8.91. The van der Waals surface area contributed by atoms with Gasteiger partial charge in [0, 0.05) is 41.4 Å². The number of aromatic nitrogens is 4. The maximum atomic E-state index is 4.77. The number of hydrogen-bond donors (Lipinski definition) is 2. The van der Waals surface area contributed by atoms with Crippen molar-refractivity contribution in [1.82, 2.24) is 20.2 Å². The molecular formula is C20H22N6. The van der Waals surface area contributed by atoms with Crippen molar-refractivity contribution >= 4 is 39.1 Å². The number of benzene rings is 2. The summed E-state index contributed by atoms with van der Waals surface area (Å²) in [6.07, 6.45) is 3.68. The van der Waals surface area contributed by atoms with E-state index < -0.39 is 0 Å². The summed E-state index contributed by atoms with van der Waals surface area (Å²) in [5, 5.41) is 12.5. The quantitative estimate of drug-likeness (QED) is 0.560. The van der Waals surface area contributed by atoms with E-state index in [1.807, 2.05) is 30.6 Å². The zero-order valence-electron chi connectivity index (χ0n) is 15.2. The van der Waals surface area contributed by atoms with Gasteiger partial charge in [-0.25, -0.2) is 9.97 Å².